The standard InChI is InChI=1S/C38H46N2O5/c1-6-30(40-33-18-12-10-16-31(33)32-17-11-13-19-34(32)40)25-38(4,35(41)42)23-27(26-39)22-29(28-14-8-7-9-15-28)24-37(2,3)36(43)45-21-20-44-5/h7-19,27,29-30H,6,20-25H2,1-5H3,(H,41,42). The van der Waals surface area contributed by atoms with Crippen LogP contribution in [0.1, 0.15) is 77.3 Å². The first-order valence-electron chi connectivity index (χ1n) is 15.9. The van der Waals surface area contributed by atoms with Gasteiger partial charge >= 0.3 is 11.9 Å². The Balaban J connectivity index is 1.62. The van der Waals surface area contributed by atoms with Gasteiger partial charge in [-0.2, -0.15) is 5.26 Å². The Hall–Kier alpha value is -4.15. The predicted molar refractivity (Wildman–Crippen MR) is 178 cm³/mol. The minimum absolute atomic E-state index is 0.0824. The third-order valence-corrected chi connectivity index (χ3v) is 9.21. The van der Waals surface area contributed by atoms with Crippen LogP contribution in [0.5, 0.6) is 0 Å². The van der Waals surface area contributed by atoms with Crippen LogP contribution in [-0.2, 0) is 19.1 Å². The number of carboxylic acids is 1. The van der Waals surface area contributed by atoms with Crippen LogP contribution in [-0.4, -0.2) is 41.9 Å². The van der Waals surface area contributed by atoms with Crippen molar-refractivity contribution in [1.29, 1.82) is 5.26 Å². The summed E-state index contributed by atoms with van der Waals surface area (Å²) in [5.41, 5.74) is 1.22. The Kier molecular flexibility index (Phi) is 11.1. The molecule has 0 aliphatic heterocycles. The zero-order valence-corrected chi connectivity index (χ0v) is 27.2. The lowest BCUT2D eigenvalue weighted by Gasteiger charge is -2.34. The summed E-state index contributed by atoms with van der Waals surface area (Å²) >= 11 is 0. The van der Waals surface area contributed by atoms with Crippen LogP contribution in [0.15, 0.2) is 78.9 Å². The number of rotatable bonds is 16. The van der Waals surface area contributed by atoms with Gasteiger partial charge in [-0.25, -0.2) is 0 Å². The summed E-state index contributed by atoms with van der Waals surface area (Å²) in [7, 11) is 1.56. The van der Waals surface area contributed by atoms with Crippen molar-refractivity contribution in [2.45, 2.75) is 71.8 Å². The van der Waals surface area contributed by atoms with Crippen molar-refractivity contribution in [3.63, 3.8) is 0 Å². The van der Waals surface area contributed by atoms with Gasteiger partial charge in [0.05, 0.1) is 23.5 Å². The maximum Gasteiger partial charge on any atom is 0.311 e. The fourth-order valence-electron chi connectivity index (χ4n) is 6.79. The highest BCUT2D eigenvalue weighted by molar-refractivity contribution is 6.08. The topological polar surface area (TPSA) is 102 Å². The maximum absolute atomic E-state index is 13.0. The highest BCUT2D eigenvalue weighted by atomic mass is 16.6. The van der Waals surface area contributed by atoms with Crippen molar-refractivity contribution in [2.24, 2.45) is 16.7 Å². The molecule has 4 aromatic rings. The number of methoxy groups -OCH3 is 1. The molecule has 0 radical (unpaired) electrons. The average Bonchev–Trinajstić information content (AvgIpc) is 3.37. The smallest absolute Gasteiger partial charge is 0.311 e. The molecule has 0 aliphatic carbocycles. The number of fused-ring (bicyclic) bond motifs is 3. The van der Waals surface area contributed by atoms with E-state index in [1.165, 1.54) is 0 Å². The maximum atomic E-state index is 13.0. The molecular weight excluding hydrogens is 564 g/mol. The molecule has 3 aromatic carbocycles. The molecule has 1 heterocycles. The molecule has 4 rings (SSSR count). The Morgan fingerprint density at radius 3 is 1.98 bits per heavy atom. The van der Waals surface area contributed by atoms with E-state index in [-0.39, 0.29) is 31.0 Å². The zero-order chi connectivity index (χ0) is 32.6. The van der Waals surface area contributed by atoms with E-state index in [4.69, 9.17) is 9.47 Å². The Labute approximate surface area is 266 Å². The van der Waals surface area contributed by atoms with E-state index in [1.54, 1.807) is 14.0 Å². The molecule has 7 heteroatoms. The van der Waals surface area contributed by atoms with Gasteiger partial charge in [-0.3, -0.25) is 9.59 Å². The third-order valence-electron chi connectivity index (χ3n) is 9.21. The van der Waals surface area contributed by atoms with E-state index in [2.05, 4.69) is 41.8 Å². The summed E-state index contributed by atoms with van der Waals surface area (Å²) in [4.78, 5) is 26.0. The molecule has 1 aromatic heterocycles. The van der Waals surface area contributed by atoms with Gasteiger partial charge in [-0.15, -0.1) is 0 Å². The number of aromatic nitrogens is 1. The molecular formula is C38H46N2O5. The van der Waals surface area contributed by atoms with Gasteiger partial charge in [0.15, 0.2) is 0 Å². The lowest BCUT2D eigenvalue weighted by molar-refractivity contribution is -0.156. The van der Waals surface area contributed by atoms with Crippen LogP contribution in [0.3, 0.4) is 0 Å². The molecule has 0 bridgehead atoms. The van der Waals surface area contributed by atoms with Crippen LogP contribution in [0, 0.1) is 28.1 Å². The average molecular weight is 611 g/mol. The van der Waals surface area contributed by atoms with Crippen molar-refractivity contribution >= 4 is 33.7 Å². The lowest BCUT2D eigenvalue weighted by atomic mass is 9.71. The largest absolute Gasteiger partial charge is 0.481 e. The Morgan fingerprint density at radius 1 is 0.867 bits per heavy atom. The highest BCUT2D eigenvalue weighted by Gasteiger charge is 2.40. The number of carbonyl (C=O) groups is 2. The van der Waals surface area contributed by atoms with Crippen molar-refractivity contribution < 1.29 is 24.2 Å². The van der Waals surface area contributed by atoms with Gasteiger partial charge in [0.1, 0.15) is 6.61 Å². The molecule has 0 fully saturated rings. The van der Waals surface area contributed by atoms with Crippen LogP contribution < -0.4 is 0 Å². The summed E-state index contributed by atoms with van der Waals surface area (Å²) in [5, 5.41) is 23.4. The summed E-state index contributed by atoms with van der Waals surface area (Å²) in [5.74, 6) is -1.90. The fourth-order valence-corrected chi connectivity index (χ4v) is 6.79. The summed E-state index contributed by atoms with van der Waals surface area (Å²) in [6, 6.07) is 28.8. The molecule has 4 unspecified atom stereocenters. The van der Waals surface area contributed by atoms with Gasteiger partial charge in [-0.1, -0.05) is 73.7 Å². The van der Waals surface area contributed by atoms with Crippen molar-refractivity contribution in [1.82, 2.24) is 4.57 Å². The van der Waals surface area contributed by atoms with E-state index < -0.39 is 22.7 Å². The number of nitrogens with zero attached hydrogens (tertiary/aromatic N) is 2. The van der Waals surface area contributed by atoms with Gasteiger partial charge in [0.25, 0.3) is 0 Å². The van der Waals surface area contributed by atoms with Crippen LogP contribution in [0.25, 0.3) is 21.8 Å². The number of benzene rings is 3. The second-order valence-corrected chi connectivity index (χ2v) is 13.1. The number of carboxylic acid groups (broad SMARTS) is 1. The van der Waals surface area contributed by atoms with Crippen LogP contribution in [0.4, 0.5) is 0 Å². The van der Waals surface area contributed by atoms with E-state index in [0.29, 0.717) is 25.9 Å². The first-order valence-corrected chi connectivity index (χ1v) is 15.9. The molecule has 45 heavy (non-hydrogen) atoms. The molecule has 7 nitrogen and oxygen atoms in total. The first kappa shape index (κ1) is 33.7. The highest BCUT2D eigenvalue weighted by Crippen LogP contribution is 2.44. The number of ether oxygens (including phenoxy) is 2. The number of nitriles is 1. The Bertz CT molecular complexity index is 1580. The van der Waals surface area contributed by atoms with E-state index in [9.17, 15) is 20.0 Å². The first-order chi connectivity index (χ1) is 21.5. The monoisotopic (exact) mass is 610 g/mol. The Morgan fingerprint density at radius 2 is 1.44 bits per heavy atom. The molecule has 0 saturated carbocycles. The van der Waals surface area contributed by atoms with Gasteiger partial charge in [-0.05, 0) is 76.5 Å². The normalized spacial score (nSPS) is 15.2. The number of aliphatic carboxylic acids is 1. The van der Waals surface area contributed by atoms with Gasteiger partial charge in [0.2, 0.25) is 0 Å². The summed E-state index contributed by atoms with van der Waals surface area (Å²) < 4.78 is 12.8. The zero-order valence-electron chi connectivity index (χ0n) is 27.2. The SMILES string of the molecule is CCC(CC(C)(CC(C#N)CC(CC(C)(C)C(=O)OCCOC)c1ccccc1)C(=O)O)n1c2ccccc2c2ccccc21. The van der Waals surface area contributed by atoms with E-state index >= 15 is 0 Å². The fraction of sp³-hybridized carbons (Fsp3) is 0.447. The molecule has 4 atom stereocenters. The van der Waals surface area contributed by atoms with Crippen molar-refractivity contribution in [3.8, 4) is 6.07 Å². The minimum atomic E-state index is -1.15. The third kappa shape index (κ3) is 7.75. The lowest BCUT2D eigenvalue weighted by Crippen LogP contribution is -2.34. The van der Waals surface area contributed by atoms with Crippen molar-refractivity contribution in [3.05, 3.63) is 84.4 Å². The predicted octanol–water partition coefficient (Wildman–Crippen LogP) is 8.54. The quantitative estimate of drug-likeness (QED) is 0.101. The van der Waals surface area contributed by atoms with Crippen LogP contribution in [0.2, 0.25) is 0 Å². The minimum Gasteiger partial charge on any atom is -0.481 e. The second kappa shape index (κ2) is 14.8. The second-order valence-electron chi connectivity index (χ2n) is 13.1. The molecule has 238 valence electrons. The molecule has 0 amide bonds. The van der Waals surface area contributed by atoms with E-state index in [1.807, 2.05) is 68.4 Å². The number of hydrogen-bond donors (Lipinski definition) is 1. The van der Waals surface area contributed by atoms with E-state index in [0.717, 1.165) is 33.8 Å². The van der Waals surface area contributed by atoms with Crippen molar-refractivity contribution in [2.75, 3.05) is 20.3 Å². The number of carbonyl (C=O) groups excluding carboxylic acids is 1. The number of para-hydroxylation sites is 2. The summed E-state index contributed by atoms with van der Waals surface area (Å²) in [6.07, 6.45) is 2.23. The number of esters is 1. The summed E-state index contributed by atoms with van der Waals surface area (Å²) in [6.45, 7) is 8.10. The molecule has 1 N–H and O–H groups in total. The van der Waals surface area contributed by atoms with Gasteiger partial charge in [0, 0.05) is 40.9 Å². The van der Waals surface area contributed by atoms with Gasteiger partial charge < -0.3 is 19.1 Å². The number of hydrogen-bond acceptors (Lipinski definition) is 5. The molecule has 0 saturated heterocycles. The van der Waals surface area contributed by atoms with Crippen LogP contribution >= 0.6 is 0 Å². The molecule has 0 aliphatic rings. The molecule has 0 spiro atoms.